The van der Waals surface area contributed by atoms with E-state index >= 15 is 0 Å². The fourth-order valence-corrected chi connectivity index (χ4v) is 0.604. The molecule has 1 fully saturated rings. The third-order valence-corrected chi connectivity index (χ3v) is 0.957. The van der Waals surface area contributed by atoms with Crippen molar-refractivity contribution < 1.29 is 0 Å². The Morgan fingerprint density at radius 2 is 0.846 bits per heavy atom. The number of hydrogen-bond donors (Lipinski definition) is 2. The van der Waals surface area contributed by atoms with Gasteiger partial charge in [-0.25, -0.2) is 0 Å². The zero-order valence-electron chi connectivity index (χ0n) is 10.5. The van der Waals surface area contributed by atoms with Crippen molar-refractivity contribution in [2.75, 3.05) is 26.2 Å². The van der Waals surface area contributed by atoms with Gasteiger partial charge >= 0.3 is 0 Å². The Balaban J connectivity index is -0.000000124. The van der Waals surface area contributed by atoms with Gasteiger partial charge < -0.3 is 10.6 Å². The SMILES string of the molecule is C1CNCCN1.CC.CC.CCC. The van der Waals surface area contributed by atoms with Crippen LogP contribution in [0.25, 0.3) is 0 Å². The molecule has 0 spiro atoms. The van der Waals surface area contributed by atoms with Crippen LogP contribution in [0, 0.1) is 0 Å². The number of hydrogen-bond acceptors (Lipinski definition) is 2. The summed E-state index contributed by atoms with van der Waals surface area (Å²) in [7, 11) is 0. The minimum absolute atomic E-state index is 1.14. The second-order valence-corrected chi connectivity index (χ2v) is 2.21. The van der Waals surface area contributed by atoms with E-state index in [2.05, 4.69) is 24.5 Å². The topological polar surface area (TPSA) is 24.1 Å². The molecule has 0 radical (unpaired) electrons. The standard InChI is InChI=1S/C4H10N2.C3H8.2C2H6/c1-2-6-4-3-5-1;1-3-2;2*1-2/h5-6H,1-4H2;3H2,1-2H3;2*1-2H3. The fraction of sp³-hybridized carbons (Fsp3) is 1.00. The molecule has 0 aromatic rings. The molecular formula is C11H30N2. The minimum atomic E-state index is 1.14. The van der Waals surface area contributed by atoms with E-state index < -0.39 is 0 Å². The summed E-state index contributed by atoms with van der Waals surface area (Å²) in [5.41, 5.74) is 0. The number of nitrogens with one attached hydrogen (secondary N) is 2. The van der Waals surface area contributed by atoms with Crippen LogP contribution in [0.15, 0.2) is 0 Å². The van der Waals surface area contributed by atoms with E-state index in [0.29, 0.717) is 0 Å². The monoisotopic (exact) mass is 190 g/mol. The first-order valence-electron chi connectivity index (χ1n) is 5.83. The van der Waals surface area contributed by atoms with Gasteiger partial charge in [0, 0.05) is 26.2 Å². The van der Waals surface area contributed by atoms with Crippen LogP contribution >= 0.6 is 0 Å². The van der Waals surface area contributed by atoms with Crippen LogP contribution < -0.4 is 10.6 Å². The van der Waals surface area contributed by atoms with Gasteiger partial charge in [-0.05, 0) is 0 Å². The summed E-state index contributed by atoms with van der Waals surface area (Å²) in [4.78, 5) is 0. The van der Waals surface area contributed by atoms with Crippen LogP contribution in [0.1, 0.15) is 48.0 Å². The van der Waals surface area contributed by atoms with Gasteiger partial charge in [0.2, 0.25) is 0 Å². The lowest BCUT2D eigenvalue weighted by atomic mass is 10.4. The van der Waals surface area contributed by atoms with Crippen LogP contribution in [0.3, 0.4) is 0 Å². The van der Waals surface area contributed by atoms with Crippen LogP contribution in [0.2, 0.25) is 0 Å². The largest absolute Gasteiger partial charge is 0.314 e. The van der Waals surface area contributed by atoms with Crippen LogP contribution in [0.4, 0.5) is 0 Å². The molecule has 0 amide bonds. The third kappa shape index (κ3) is 33.5. The highest BCUT2D eigenvalue weighted by molar-refractivity contribution is 4.59. The van der Waals surface area contributed by atoms with Crippen molar-refractivity contribution in [1.82, 2.24) is 10.6 Å². The van der Waals surface area contributed by atoms with Gasteiger partial charge in [0.15, 0.2) is 0 Å². The van der Waals surface area contributed by atoms with E-state index in [1.54, 1.807) is 0 Å². The van der Waals surface area contributed by atoms with Crippen LogP contribution in [-0.4, -0.2) is 26.2 Å². The molecule has 1 aliphatic rings. The predicted octanol–water partition coefficient (Wildman–Crippen LogP) is 2.65. The second-order valence-electron chi connectivity index (χ2n) is 2.21. The van der Waals surface area contributed by atoms with Crippen molar-refractivity contribution >= 4 is 0 Å². The zero-order chi connectivity index (χ0) is 10.9. The first-order valence-corrected chi connectivity index (χ1v) is 5.83. The van der Waals surface area contributed by atoms with Crippen molar-refractivity contribution in [3.05, 3.63) is 0 Å². The van der Waals surface area contributed by atoms with E-state index in [1.165, 1.54) is 6.42 Å². The molecule has 0 atom stereocenters. The maximum atomic E-state index is 3.22. The first kappa shape index (κ1) is 18.7. The number of rotatable bonds is 0. The number of piperazine rings is 1. The lowest BCUT2D eigenvalue weighted by Gasteiger charge is -2.11. The van der Waals surface area contributed by atoms with E-state index in [-0.39, 0.29) is 0 Å². The van der Waals surface area contributed by atoms with E-state index in [0.717, 1.165) is 26.2 Å². The summed E-state index contributed by atoms with van der Waals surface area (Å²) in [6.07, 6.45) is 1.25. The average Bonchev–Trinajstić information content (AvgIpc) is 2.27. The molecule has 2 N–H and O–H groups in total. The molecule has 0 saturated carbocycles. The smallest absolute Gasteiger partial charge is 0.00772 e. The normalized spacial score (nSPS) is 13.4. The van der Waals surface area contributed by atoms with Crippen LogP contribution in [0.5, 0.6) is 0 Å². The van der Waals surface area contributed by atoms with Gasteiger partial charge in [-0.2, -0.15) is 0 Å². The van der Waals surface area contributed by atoms with E-state index in [1.807, 2.05) is 27.7 Å². The summed E-state index contributed by atoms with van der Waals surface area (Å²) in [6.45, 7) is 16.8. The third-order valence-electron chi connectivity index (χ3n) is 0.957. The molecule has 0 bridgehead atoms. The Kier molecular flexibility index (Phi) is 42.6. The predicted molar refractivity (Wildman–Crippen MR) is 64.4 cm³/mol. The Bertz CT molecular complexity index is 31.8. The molecule has 1 aliphatic heterocycles. The van der Waals surface area contributed by atoms with Crippen molar-refractivity contribution in [3.8, 4) is 0 Å². The Labute approximate surface area is 85.5 Å². The van der Waals surface area contributed by atoms with Crippen molar-refractivity contribution in [2.45, 2.75) is 48.0 Å². The minimum Gasteiger partial charge on any atom is -0.314 e. The van der Waals surface area contributed by atoms with Gasteiger partial charge in [0.1, 0.15) is 0 Å². The maximum Gasteiger partial charge on any atom is 0.00772 e. The molecule has 1 rings (SSSR count). The summed E-state index contributed by atoms with van der Waals surface area (Å²) in [5, 5.41) is 6.44. The second kappa shape index (κ2) is 29.7. The van der Waals surface area contributed by atoms with Gasteiger partial charge in [0.05, 0.1) is 0 Å². The molecule has 0 unspecified atom stereocenters. The molecule has 0 aromatic carbocycles. The maximum absolute atomic E-state index is 3.22. The average molecular weight is 190 g/mol. The Morgan fingerprint density at radius 3 is 0.923 bits per heavy atom. The lowest BCUT2D eigenvalue weighted by Crippen LogP contribution is -2.39. The lowest BCUT2D eigenvalue weighted by molar-refractivity contribution is 0.534. The Morgan fingerprint density at radius 1 is 0.692 bits per heavy atom. The highest BCUT2D eigenvalue weighted by atomic mass is 15.0. The molecule has 0 aliphatic carbocycles. The molecule has 84 valence electrons. The summed E-state index contributed by atoms with van der Waals surface area (Å²) in [6, 6.07) is 0. The molecule has 2 nitrogen and oxygen atoms in total. The molecule has 13 heavy (non-hydrogen) atoms. The highest BCUT2D eigenvalue weighted by Gasteiger charge is 1.91. The molecule has 1 saturated heterocycles. The van der Waals surface area contributed by atoms with Gasteiger partial charge in [-0.15, -0.1) is 0 Å². The summed E-state index contributed by atoms with van der Waals surface area (Å²) < 4.78 is 0. The van der Waals surface area contributed by atoms with Crippen molar-refractivity contribution in [1.29, 1.82) is 0 Å². The van der Waals surface area contributed by atoms with Gasteiger partial charge in [0.25, 0.3) is 0 Å². The van der Waals surface area contributed by atoms with Gasteiger partial charge in [-0.3, -0.25) is 0 Å². The first-order chi connectivity index (χ1) is 6.41. The fourth-order valence-electron chi connectivity index (χ4n) is 0.604. The van der Waals surface area contributed by atoms with Gasteiger partial charge in [-0.1, -0.05) is 48.0 Å². The molecule has 1 heterocycles. The van der Waals surface area contributed by atoms with Crippen molar-refractivity contribution in [3.63, 3.8) is 0 Å². The zero-order valence-corrected chi connectivity index (χ0v) is 10.5. The Hall–Kier alpha value is -0.0800. The van der Waals surface area contributed by atoms with Crippen LogP contribution in [-0.2, 0) is 0 Å². The molecule has 2 heteroatoms. The summed E-state index contributed by atoms with van der Waals surface area (Å²) in [5.74, 6) is 0. The molecular weight excluding hydrogens is 160 g/mol. The van der Waals surface area contributed by atoms with E-state index in [9.17, 15) is 0 Å². The quantitative estimate of drug-likeness (QED) is 0.613. The van der Waals surface area contributed by atoms with Crippen molar-refractivity contribution in [2.24, 2.45) is 0 Å². The summed E-state index contributed by atoms with van der Waals surface area (Å²) >= 11 is 0. The molecule has 0 aromatic heterocycles. The highest BCUT2D eigenvalue weighted by Crippen LogP contribution is 1.65. The van der Waals surface area contributed by atoms with E-state index in [4.69, 9.17) is 0 Å².